The largest absolute Gasteiger partial charge is 0.318 e. The normalized spacial score (nSPS) is 23.1. The molecule has 20 heavy (non-hydrogen) atoms. The van der Waals surface area contributed by atoms with Crippen molar-refractivity contribution in [1.82, 2.24) is 19.2 Å². The van der Waals surface area contributed by atoms with E-state index in [4.69, 9.17) is 0 Å². The highest BCUT2D eigenvalue weighted by atomic mass is 32.2. The highest BCUT2D eigenvalue weighted by Crippen LogP contribution is 2.19. The number of rotatable bonds is 8. The zero-order chi connectivity index (χ0) is 15.2. The van der Waals surface area contributed by atoms with E-state index in [1.54, 1.807) is 4.31 Å². The minimum absolute atomic E-state index is 0.0421. The van der Waals surface area contributed by atoms with E-state index in [9.17, 15) is 8.42 Å². The van der Waals surface area contributed by atoms with Gasteiger partial charge in [0.25, 0.3) is 10.2 Å². The third-order valence-corrected chi connectivity index (χ3v) is 5.48. The van der Waals surface area contributed by atoms with Crippen molar-refractivity contribution in [3.63, 3.8) is 0 Å². The van der Waals surface area contributed by atoms with E-state index < -0.39 is 10.2 Å². The number of hydrogen-bond acceptors (Lipinski definition) is 4. The van der Waals surface area contributed by atoms with Gasteiger partial charge in [0.1, 0.15) is 0 Å². The van der Waals surface area contributed by atoms with Gasteiger partial charge in [-0.3, -0.25) is 0 Å². The average molecular weight is 306 g/mol. The molecule has 0 aromatic heterocycles. The molecule has 2 N–H and O–H groups in total. The van der Waals surface area contributed by atoms with Crippen LogP contribution in [0.4, 0.5) is 0 Å². The van der Waals surface area contributed by atoms with Gasteiger partial charge in [-0.25, -0.2) is 0 Å². The van der Waals surface area contributed by atoms with Gasteiger partial charge in [0.15, 0.2) is 0 Å². The van der Waals surface area contributed by atoms with E-state index in [2.05, 4.69) is 14.9 Å². The first-order valence-electron chi connectivity index (χ1n) is 7.45. The predicted molar refractivity (Wildman–Crippen MR) is 83.0 cm³/mol. The SMILES string of the molecule is CNCC1CCCCN1S(=O)(=O)NC(C)CCN(C)C. The molecule has 0 aromatic carbocycles. The maximum absolute atomic E-state index is 12.5. The molecule has 1 fully saturated rings. The van der Waals surface area contributed by atoms with Gasteiger partial charge in [0, 0.05) is 25.2 Å². The molecule has 1 saturated heterocycles. The van der Waals surface area contributed by atoms with Crippen molar-refractivity contribution in [2.45, 2.75) is 44.7 Å². The third kappa shape index (κ3) is 5.65. The predicted octanol–water partition coefficient (Wildman–Crippen LogP) is 0.235. The summed E-state index contributed by atoms with van der Waals surface area (Å²) in [7, 11) is 2.48. The number of hydrogen-bond donors (Lipinski definition) is 2. The second-order valence-electron chi connectivity index (χ2n) is 5.93. The molecule has 0 aliphatic carbocycles. The molecule has 2 unspecified atom stereocenters. The van der Waals surface area contributed by atoms with E-state index in [0.29, 0.717) is 13.1 Å². The minimum atomic E-state index is -3.38. The van der Waals surface area contributed by atoms with Gasteiger partial charge in [-0.1, -0.05) is 6.42 Å². The fourth-order valence-electron chi connectivity index (χ4n) is 2.56. The van der Waals surface area contributed by atoms with Crippen LogP contribution in [0.25, 0.3) is 0 Å². The lowest BCUT2D eigenvalue weighted by Gasteiger charge is -2.35. The van der Waals surface area contributed by atoms with Crippen molar-refractivity contribution < 1.29 is 8.42 Å². The van der Waals surface area contributed by atoms with E-state index in [-0.39, 0.29) is 12.1 Å². The summed E-state index contributed by atoms with van der Waals surface area (Å²) in [5.41, 5.74) is 0. The Kier molecular flexibility index (Phi) is 7.39. The van der Waals surface area contributed by atoms with Crippen LogP contribution in [-0.2, 0) is 10.2 Å². The topological polar surface area (TPSA) is 64.7 Å². The zero-order valence-electron chi connectivity index (χ0n) is 13.2. The Morgan fingerprint density at radius 1 is 1.35 bits per heavy atom. The molecular formula is C13H30N4O2S. The van der Waals surface area contributed by atoms with Crippen molar-refractivity contribution in [2.24, 2.45) is 0 Å². The van der Waals surface area contributed by atoms with Gasteiger partial charge in [0.2, 0.25) is 0 Å². The van der Waals surface area contributed by atoms with Crippen LogP contribution in [0.2, 0.25) is 0 Å². The van der Waals surface area contributed by atoms with Gasteiger partial charge < -0.3 is 10.2 Å². The molecule has 0 aromatic rings. The maximum atomic E-state index is 12.5. The number of piperidine rings is 1. The van der Waals surface area contributed by atoms with E-state index in [0.717, 1.165) is 32.2 Å². The Bertz CT molecular complexity index is 371. The maximum Gasteiger partial charge on any atom is 0.279 e. The molecule has 120 valence electrons. The van der Waals surface area contributed by atoms with Gasteiger partial charge in [-0.2, -0.15) is 17.4 Å². The van der Waals surface area contributed by atoms with Crippen molar-refractivity contribution in [3.8, 4) is 0 Å². The summed E-state index contributed by atoms with van der Waals surface area (Å²) in [4.78, 5) is 2.06. The lowest BCUT2D eigenvalue weighted by atomic mass is 10.1. The second-order valence-corrected chi connectivity index (χ2v) is 7.59. The average Bonchev–Trinajstić information content (AvgIpc) is 2.37. The summed E-state index contributed by atoms with van der Waals surface area (Å²) >= 11 is 0. The molecular weight excluding hydrogens is 276 g/mol. The molecule has 0 bridgehead atoms. The Morgan fingerprint density at radius 3 is 2.65 bits per heavy atom. The highest BCUT2D eigenvalue weighted by molar-refractivity contribution is 7.87. The quantitative estimate of drug-likeness (QED) is 0.674. The summed E-state index contributed by atoms with van der Waals surface area (Å²) in [6.07, 6.45) is 3.81. The molecule has 1 heterocycles. The number of nitrogens with zero attached hydrogens (tertiary/aromatic N) is 2. The number of nitrogens with one attached hydrogen (secondary N) is 2. The van der Waals surface area contributed by atoms with Gasteiger partial charge in [-0.15, -0.1) is 0 Å². The Morgan fingerprint density at radius 2 is 2.05 bits per heavy atom. The van der Waals surface area contributed by atoms with Crippen LogP contribution in [0, 0.1) is 0 Å². The molecule has 1 aliphatic heterocycles. The molecule has 1 aliphatic rings. The smallest absolute Gasteiger partial charge is 0.279 e. The van der Waals surface area contributed by atoms with Crippen molar-refractivity contribution >= 4 is 10.2 Å². The fourth-order valence-corrected chi connectivity index (χ4v) is 4.27. The minimum Gasteiger partial charge on any atom is -0.318 e. The van der Waals surface area contributed by atoms with E-state index >= 15 is 0 Å². The number of likely N-dealkylation sites (N-methyl/N-ethyl adjacent to an activating group) is 1. The molecule has 0 radical (unpaired) electrons. The lowest BCUT2D eigenvalue weighted by molar-refractivity contribution is 0.244. The molecule has 0 amide bonds. The zero-order valence-corrected chi connectivity index (χ0v) is 14.0. The first-order valence-corrected chi connectivity index (χ1v) is 8.89. The lowest BCUT2D eigenvalue weighted by Crippen LogP contribution is -2.53. The van der Waals surface area contributed by atoms with Crippen molar-refractivity contribution in [3.05, 3.63) is 0 Å². The summed E-state index contributed by atoms with van der Waals surface area (Å²) in [6.45, 7) is 4.15. The highest BCUT2D eigenvalue weighted by Gasteiger charge is 2.32. The third-order valence-electron chi connectivity index (χ3n) is 3.68. The fraction of sp³-hybridized carbons (Fsp3) is 1.00. The standard InChI is InChI=1S/C13H30N4O2S/c1-12(8-10-16(3)4)15-20(18,19)17-9-6-5-7-13(17)11-14-2/h12-15H,5-11H2,1-4H3. The second kappa shape index (κ2) is 8.29. The molecule has 0 spiro atoms. The van der Waals surface area contributed by atoms with Crippen molar-refractivity contribution in [2.75, 3.05) is 40.8 Å². The van der Waals surface area contributed by atoms with E-state index in [1.807, 2.05) is 28.1 Å². The Labute approximate surface area is 124 Å². The van der Waals surface area contributed by atoms with Crippen molar-refractivity contribution in [1.29, 1.82) is 0 Å². The van der Waals surface area contributed by atoms with Crippen LogP contribution >= 0.6 is 0 Å². The molecule has 6 nitrogen and oxygen atoms in total. The van der Waals surface area contributed by atoms with Gasteiger partial charge in [-0.05, 0) is 53.9 Å². The van der Waals surface area contributed by atoms with Crippen LogP contribution in [0.15, 0.2) is 0 Å². The van der Waals surface area contributed by atoms with Crippen LogP contribution in [-0.4, -0.2) is 70.5 Å². The van der Waals surface area contributed by atoms with Gasteiger partial charge in [0.05, 0.1) is 0 Å². The monoisotopic (exact) mass is 306 g/mol. The van der Waals surface area contributed by atoms with Crippen LogP contribution < -0.4 is 10.0 Å². The molecule has 1 rings (SSSR count). The first kappa shape index (κ1) is 17.8. The van der Waals surface area contributed by atoms with Crippen LogP contribution in [0.1, 0.15) is 32.6 Å². The van der Waals surface area contributed by atoms with Crippen LogP contribution in [0.5, 0.6) is 0 Å². The molecule has 0 saturated carbocycles. The molecule has 2 atom stereocenters. The Hall–Kier alpha value is -0.210. The molecule has 7 heteroatoms. The summed E-state index contributed by atoms with van der Waals surface area (Å²) in [5, 5.41) is 3.09. The van der Waals surface area contributed by atoms with Crippen LogP contribution in [0.3, 0.4) is 0 Å². The first-order chi connectivity index (χ1) is 9.36. The summed E-state index contributed by atoms with van der Waals surface area (Å²) < 4.78 is 29.5. The van der Waals surface area contributed by atoms with Gasteiger partial charge >= 0.3 is 0 Å². The summed E-state index contributed by atoms with van der Waals surface area (Å²) in [5.74, 6) is 0. The van der Waals surface area contributed by atoms with E-state index in [1.165, 1.54) is 0 Å². The Balaban J connectivity index is 2.60. The summed E-state index contributed by atoms with van der Waals surface area (Å²) in [6, 6.07) is 0.0341.